The molecule has 0 bridgehead atoms. The van der Waals surface area contributed by atoms with Gasteiger partial charge in [0.2, 0.25) is 0 Å². The van der Waals surface area contributed by atoms with E-state index < -0.39 is 32.4 Å². The molecule has 2 heterocycles. The number of aryl methyl sites for hydroxylation is 1. The second-order valence-corrected chi connectivity index (χ2v) is 15.9. The number of nitrogens with zero attached hydrogens (tertiary/aromatic N) is 2. The molecule has 42 heavy (non-hydrogen) atoms. The summed E-state index contributed by atoms with van der Waals surface area (Å²) in [5, 5.41) is 15.1. The lowest BCUT2D eigenvalue weighted by Gasteiger charge is -2.45. The lowest BCUT2D eigenvalue weighted by Crippen LogP contribution is -2.68. The second kappa shape index (κ2) is 12.1. The van der Waals surface area contributed by atoms with Gasteiger partial charge in [-0.15, -0.1) is 0 Å². The van der Waals surface area contributed by atoms with E-state index in [-0.39, 0.29) is 23.4 Å². The predicted octanol–water partition coefficient (Wildman–Crippen LogP) is 4.03. The summed E-state index contributed by atoms with van der Waals surface area (Å²) in [5.41, 5.74) is 0.521. The molecule has 0 radical (unpaired) electrons. The lowest BCUT2D eigenvalue weighted by molar-refractivity contribution is -0.0433. The molecule has 1 fully saturated rings. The van der Waals surface area contributed by atoms with Gasteiger partial charge in [0.15, 0.2) is 0 Å². The first-order chi connectivity index (χ1) is 20.1. The molecule has 1 aromatic heterocycles. The summed E-state index contributed by atoms with van der Waals surface area (Å²) >= 11 is 0. The van der Waals surface area contributed by atoms with Crippen LogP contribution < -0.4 is 21.4 Å². The van der Waals surface area contributed by atoms with Crippen LogP contribution in [-0.2, 0) is 9.16 Å². The Bertz CT molecular complexity index is 1530. The molecule has 1 aliphatic heterocycles. The highest BCUT2D eigenvalue weighted by Gasteiger charge is 2.53. The van der Waals surface area contributed by atoms with Crippen LogP contribution in [0.15, 0.2) is 102 Å². The summed E-state index contributed by atoms with van der Waals surface area (Å²) < 4.78 is 14.9. The van der Waals surface area contributed by atoms with Crippen molar-refractivity contribution in [2.75, 3.05) is 11.9 Å². The summed E-state index contributed by atoms with van der Waals surface area (Å²) in [7, 11) is -2.93. The van der Waals surface area contributed by atoms with Gasteiger partial charge in [-0.05, 0) is 34.5 Å². The van der Waals surface area contributed by atoms with Crippen LogP contribution >= 0.6 is 0 Å². The highest BCUT2D eigenvalue weighted by Crippen LogP contribution is 2.41. The van der Waals surface area contributed by atoms with E-state index in [0.717, 1.165) is 10.4 Å². The molecule has 2 N–H and O–H groups in total. The Balaban J connectivity index is 1.46. The van der Waals surface area contributed by atoms with Crippen molar-refractivity contribution in [1.29, 1.82) is 0 Å². The minimum absolute atomic E-state index is 0.196. The fourth-order valence-corrected chi connectivity index (χ4v) is 10.5. The molecule has 0 saturated carbocycles. The first-order valence-electron chi connectivity index (χ1n) is 14.2. The van der Waals surface area contributed by atoms with Crippen molar-refractivity contribution in [3.05, 3.63) is 119 Å². The van der Waals surface area contributed by atoms with E-state index in [4.69, 9.17) is 9.16 Å². The maximum atomic E-state index is 13.2. The van der Waals surface area contributed by atoms with E-state index in [0.29, 0.717) is 17.5 Å². The van der Waals surface area contributed by atoms with Gasteiger partial charge < -0.3 is 19.6 Å². The van der Waals surface area contributed by atoms with Gasteiger partial charge in [0.05, 0.1) is 12.7 Å². The molecule has 0 aliphatic carbocycles. The molecule has 5 rings (SSSR count). The molecule has 8 nitrogen and oxygen atoms in total. The first-order valence-corrected chi connectivity index (χ1v) is 16.1. The third-order valence-corrected chi connectivity index (χ3v) is 12.9. The number of hydrogen-bond acceptors (Lipinski definition) is 6. The fourth-order valence-electron chi connectivity index (χ4n) is 5.75. The van der Waals surface area contributed by atoms with Crippen LogP contribution in [0.25, 0.3) is 0 Å². The zero-order valence-corrected chi connectivity index (χ0v) is 25.4. The van der Waals surface area contributed by atoms with E-state index in [9.17, 15) is 14.7 Å². The zero-order valence-electron chi connectivity index (χ0n) is 24.4. The zero-order chi connectivity index (χ0) is 29.9. The summed E-state index contributed by atoms with van der Waals surface area (Å²) in [6.07, 6.45) is 0.187. The van der Waals surface area contributed by atoms with Crippen molar-refractivity contribution < 1.29 is 19.1 Å². The third kappa shape index (κ3) is 5.73. The van der Waals surface area contributed by atoms with Crippen LogP contribution in [0.4, 0.5) is 5.82 Å². The molecular weight excluding hydrogens is 546 g/mol. The molecule has 1 amide bonds. The molecule has 0 unspecified atom stereocenters. The minimum Gasteiger partial charge on any atom is -0.402 e. The second-order valence-electron chi connectivity index (χ2n) is 11.6. The Morgan fingerprint density at radius 1 is 1.00 bits per heavy atom. The number of hydrogen-bond donors (Lipinski definition) is 2. The Kier molecular flexibility index (Phi) is 8.56. The number of amides is 1. The van der Waals surface area contributed by atoms with Crippen LogP contribution in [0.5, 0.6) is 0 Å². The number of rotatable bonds is 8. The molecule has 3 atom stereocenters. The smallest absolute Gasteiger partial charge is 0.351 e. The van der Waals surface area contributed by atoms with Crippen LogP contribution in [0.1, 0.15) is 49.3 Å². The largest absolute Gasteiger partial charge is 0.402 e. The number of aliphatic hydroxyl groups is 1. The van der Waals surface area contributed by atoms with E-state index in [2.05, 4.69) is 55.3 Å². The Morgan fingerprint density at radius 2 is 1.55 bits per heavy atom. The SMILES string of the molecule is Cc1cn([C@H]2C[C@H](O[Si](c3ccccc3)(c3ccccc3)C(C)(C)C)[C@@H](CO)O2)c(=O)nc1NC(=O)c1ccccc1. The Morgan fingerprint density at radius 3 is 2.07 bits per heavy atom. The molecule has 218 valence electrons. The third-order valence-electron chi connectivity index (χ3n) is 7.82. The topological polar surface area (TPSA) is 103 Å². The van der Waals surface area contributed by atoms with E-state index in [1.807, 2.05) is 42.5 Å². The maximum absolute atomic E-state index is 13.2. The van der Waals surface area contributed by atoms with Gasteiger partial charge in [-0.3, -0.25) is 9.36 Å². The normalized spacial score (nSPS) is 19.0. The number of anilines is 1. The maximum Gasteiger partial charge on any atom is 0.351 e. The van der Waals surface area contributed by atoms with Crippen LogP contribution in [-0.4, -0.2) is 47.7 Å². The standard InChI is InChI=1S/C33H37N3O5Si/c1-23-21-36(32(39)35-30(23)34-31(38)24-14-8-5-9-15-24)29-20-27(28(22-37)40-29)41-42(33(2,3)4,25-16-10-6-11-17-25)26-18-12-7-13-19-26/h5-19,21,27-29,37H,20,22H2,1-4H3,(H,34,35,38,39)/t27-,28+,29+/m0/s1. The Hall–Kier alpha value is -3.89. The van der Waals surface area contributed by atoms with E-state index >= 15 is 0 Å². The van der Waals surface area contributed by atoms with Crippen molar-refractivity contribution in [1.82, 2.24) is 9.55 Å². The minimum atomic E-state index is -2.93. The highest BCUT2D eigenvalue weighted by molar-refractivity contribution is 6.99. The van der Waals surface area contributed by atoms with E-state index in [1.165, 1.54) is 4.57 Å². The lowest BCUT2D eigenvalue weighted by atomic mass is 10.2. The van der Waals surface area contributed by atoms with Gasteiger partial charge in [-0.1, -0.05) is 99.6 Å². The first kappa shape index (κ1) is 29.6. The number of aromatic nitrogens is 2. The number of ether oxygens (including phenoxy) is 1. The highest BCUT2D eigenvalue weighted by atomic mass is 28.4. The summed E-state index contributed by atoms with van der Waals surface area (Å²) in [6.45, 7) is 8.10. The average Bonchev–Trinajstić information content (AvgIpc) is 3.40. The summed E-state index contributed by atoms with van der Waals surface area (Å²) in [5.74, 6) is -0.151. The molecule has 0 spiro atoms. The number of benzene rings is 3. The number of carbonyl (C=O) groups is 1. The molecule has 4 aromatic rings. The predicted molar refractivity (Wildman–Crippen MR) is 166 cm³/mol. The number of aliphatic hydroxyl groups excluding tert-OH is 1. The monoisotopic (exact) mass is 583 g/mol. The summed E-state index contributed by atoms with van der Waals surface area (Å²) in [4.78, 5) is 30.0. The van der Waals surface area contributed by atoms with Gasteiger partial charge in [-0.2, -0.15) is 4.98 Å². The van der Waals surface area contributed by atoms with Gasteiger partial charge in [0.25, 0.3) is 14.2 Å². The van der Waals surface area contributed by atoms with Gasteiger partial charge >= 0.3 is 5.69 Å². The van der Waals surface area contributed by atoms with Crippen molar-refractivity contribution in [3.63, 3.8) is 0 Å². The van der Waals surface area contributed by atoms with Crippen molar-refractivity contribution >= 4 is 30.4 Å². The molecule has 1 saturated heterocycles. The van der Waals surface area contributed by atoms with Crippen molar-refractivity contribution in [2.45, 2.75) is 57.6 Å². The van der Waals surface area contributed by atoms with Crippen LogP contribution in [0.2, 0.25) is 5.04 Å². The quantitative estimate of drug-likeness (QED) is 0.304. The molecule has 1 aliphatic rings. The molecular formula is C33H37N3O5Si. The number of carbonyl (C=O) groups excluding carboxylic acids is 1. The average molecular weight is 584 g/mol. The fraction of sp³-hybridized carbons (Fsp3) is 0.303. The molecule has 3 aromatic carbocycles. The Labute approximate surface area is 247 Å². The van der Waals surface area contributed by atoms with Gasteiger partial charge in [0.1, 0.15) is 18.1 Å². The van der Waals surface area contributed by atoms with Gasteiger partial charge in [-0.25, -0.2) is 4.79 Å². The van der Waals surface area contributed by atoms with Crippen LogP contribution in [0, 0.1) is 6.92 Å². The van der Waals surface area contributed by atoms with Gasteiger partial charge in [0, 0.05) is 23.7 Å². The molecule has 9 heteroatoms. The number of nitrogens with one attached hydrogen (secondary N) is 1. The van der Waals surface area contributed by atoms with Crippen LogP contribution in [0.3, 0.4) is 0 Å². The van der Waals surface area contributed by atoms with Crippen molar-refractivity contribution in [3.8, 4) is 0 Å². The van der Waals surface area contributed by atoms with E-state index in [1.54, 1.807) is 37.4 Å². The van der Waals surface area contributed by atoms with Crippen molar-refractivity contribution in [2.24, 2.45) is 0 Å². The summed E-state index contributed by atoms with van der Waals surface area (Å²) in [6, 6.07) is 29.3.